The summed E-state index contributed by atoms with van der Waals surface area (Å²) >= 11 is 3.42. The van der Waals surface area contributed by atoms with E-state index in [0.29, 0.717) is 6.54 Å². The zero-order valence-electron chi connectivity index (χ0n) is 10.7. The first kappa shape index (κ1) is 14.0. The van der Waals surface area contributed by atoms with Gasteiger partial charge in [0.05, 0.1) is 0 Å². The second kappa shape index (κ2) is 6.17. The normalized spacial score (nSPS) is 10.5. The van der Waals surface area contributed by atoms with Gasteiger partial charge in [-0.3, -0.25) is 0 Å². The number of halogens is 2. The maximum atomic E-state index is 13.2. The van der Waals surface area contributed by atoms with Crippen molar-refractivity contribution in [3.63, 3.8) is 0 Å². The third-order valence-corrected chi connectivity index (χ3v) is 3.53. The van der Waals surface area contributed by atoms with Gasteiger partial charge in [-0.2, -0.15) is 0 Å². The second-order valence-corrected chi connectivity index (χ2v) is 5.38. The molecule has 4 heteroatoms. The van der Waals surface area contributed by atoms with Crippen molar-refractivity contribution in [3.8, 4) is 0 Å². The molecule has 0 saturated heterocycles. The monoisotopic (exact) mass is 322 g/mol. The van der Waals surface area contributed by atoms with Crippen LogP contribution in [-0.2, 0) is 13.1 Å². The summed E-state index contributed by atoms with van der Waals surface area (Å²) < 4.78 is 14.2. The van der Waals surface area contributed by atoms with Gasteiger partial charge in [0.15, 0.2) is 0 Å². The fourth-order valence-electron chi connectivity index (χ4n) is 2.04. The molecule has 0 unspecified atom stereocenters. The van der Waals surface area contributed by atoms with Gasteiger partial charge in [0, 0.05) is 30.3 Å². The first-order valence-electron chi connectivity index (χ1n) is 6.04. The minimum absolute atomic E-state index is 0.249. The molecule has 0 aliphatic carbocycles. The lowest BCUT2D eigenvalue weighted by molar-refractivity contribution is 0.625. The van der Waals surface area contributed by atoms with E-state index in [1.165, 1.54) is 17.7 Å². The molecule has 0 radical (unpaired) electrons. The van der Waals surface area contributed by atoms with Crippen LogP contribution in [0.15, 0.2) is 46.9 Å². The topological polar surface area (TPSA) is 29.3 Å². The summed E-state index contributed by atoms with van der Waals surface area (Å²) in [7, 11) is 1.98. The number of nitrogens with zero attached hydrogens (tertiary/aromatic N) is 1. The van der Waals surface area contributed by atoms with Crippen LogP contribution in [0.1, 0.15) is 11.1 Å². The molecular formula is C15H16BrFN2. The Balaban J connectivity index is 2.19. The molecule has 0 aromatic heterocycles. The molecule has 0 atom stereocenters. The molecule has 0 saturated carbocycles. The summed E-state index contributed by atoms with van der Waals surface area (Å²) in [5.41, 5.74) is 8.65. The molecule has 0 aliphatic heterocycles. The van der Waals surface area contributed by atoms with Gasteiger partial charge in [-0.1, -0.05) is 28.1 Å². The molecular weight excluding hydrogens is 307 g/mol. The Labute approximate surface area is 121 Å². The Kier molecular flexibility index (Phi) is 4.56. The van der Waals surface area contributed by atoms with Crippen molar-refractivity contribution in [3.05, 3.63) is 63.9 Å². The van der Waals surface area contributed by atoms with Crippen molar-refractivity contribution in [2.45, 2.75) is 13.1 Å². The predicted octanol–water partition coefficient (Wildman–Crippen LogP) is 3.68. The molecule has 2 rings (SSSR count). The fraction of sp³-hybridized carbons (Fsp3) is 0.200. The molecule has 0 bridgehead atoms. The summed E-state index contributed by atoms with van der Waals surface area (Å²) in [4.78, 5) is 2.07. The van der Waals surface area contributed by atoms with Gasteiger partial charge >= 0.3 is 0 Å². The van der Waals surface area contributed by atoms with Gasteiger partial charge in [-0.25, -0.2) is 4.39 Å². The molecule has 0 spiro atoms. The summed E-state index contributed by atoms with van der Waals surface area (Å²) in [6.07, 6.45) is 0. The average molecular weight is 323 g/mol. The molecule has 2 nitrogen and oxygen atoms in total. The van der Waals surface area contributed by atoms with Crippen LogP contribution in [-0.4, -0.2) is 7.05 Å². The van der Waals surface area contributed by atoms with Crippen molar-refractivity contribution >= 4 is 21.6 Å². The summed E-state index contributed by atoms with van der Waals surface area (Å²) in [6, 6.07) is 12.9. The smallest absolute Gasteiger partial charge is 0.123 e. The van der Waals surface area contributed by atoms with E-state index in [1.807, 2.05) is 19.2 Å². The predicted molar refractivity (Wildman–Crippen MR) is 80.5 cm³/mol. The molecule has 0 fully saturated rings. The highest BCUT2D eigenvalue weighted by Gasteiger charge is 2.08. The van der Waals surface area contributed by atoms with E-state index in [1.54, 1.807) is 6.07 Å². The van der Waals surface area contributed by atoms with Gasteiger partial charge in [-0.05, 0) is 41.5 Å². The number of nitrogens with two attached hydrogens (primary N) is 1. The minimum atomic E-state index is -0.249. The molecule has 100 valence electrons. The molecule has 19 heavy (non-hydrogen) atoms. The highest BCUT2D eigenvalue weighted by Crippen LogP contribution is 2.22. The Morgan fingerprint density at radius 3 is 2.47 bits per heavy atom. The van der Waals surface area contributed by atoms with Crippen LogP contribution < -0.4 is 10.6 Å². The largest absolute Gasteiger partial charge is 0.370 e. The Hall–Kier alpha value is -1.39. The van der Waals surface area contributed by atoms with E-state index >= 15 is 0 Å². The number of benzene rings is 2. The standard InChI is InChI=1S/C15H16BrFN2/c1-19(10-11-2-4-13(16)5-3-11)15-7-6-14(17)8-12(15)9-18/h2-8H,9-10,18H2,1H3. The summed E-state index contributed by atoms with van der Waals surface area (Å²) in [5.74, 6) is -0.249. The zero-order valence-corrected chi connectivity index (χ0v) is 12.3. The van der Waals surface area contributed by atoms with E-state index in [2.05, 4.69) is 33.0 Å². The Bertz CT molecular complexity index is 555. The van der Waals surface area contributed by atoms with Crippen LogP contribution in [0.25, 0.3) is 0 Å². The zero-order chi connectivity index (χ0) is 13.8. The maximum Gasteiger partial charge on any atom is 0.123 e. The average Bonchev–Trinajstić information content (AvgIpc) is 2.41. The maximum absolute atomic E-state index is 13.2. The molecule has 0 heterocycles. The van der Waals surface area contributed by atoms with Crippen molar-refractivity contribution in [2.24, 2.45) is 5.73 Å². The van der Waals surface area contributed by atoms with Gasteiger partial charge in [-0.15, -0.1) is 0 Å². The van der Waals surface area contributed by atoms with E-state index in [4.69, 9.17) is 5.73 Å². The van der Waals surface area contributed by atoms with Crippen LogP contribution in [0.5, 0.6) is 0 Å². The third-order valence-electron chi connectivity index (χ3n) is 3.01. The second-order valence-electron chi connectivity index (χ2n) is 4.46. The van der Waals surface area contributed by atoms with Crippen LogP contribution in [0.2, 0.25) is 0 Å². The molecule has 2 aromatic carbocycles. The quantitative estimate of drug-likeness (QED) is 0.930. The highest BCUT2D eigenvalue weighted by molar-refractivity contribution is 9.10. The van der Waals surface area contributed by atoms with Gasteiger partial charge in [0.2, 0.25) is 0 Å². The number of hydrogen-bond donors (Lipinski definition) is 1. The van der Waals surface area contributed by atoms with Crippen LogP contribution in [0.3, 0.4) is 0 Å². The minimum Gasteiger partial charge on any atom is -0.370 e. The number of rotatable bonds is 4. The summed E-state index contributed by atoms with van der Waals surface area (Å²) in [6.45, 7) is 1.09. The third kappa shape index (κ3) is 3.55. The lowest BCUT2D eigenvalue weighted by Crippen LogP contribution is -2.19. The first-order chi connectivity index (χ1) is 9.10. The Morgan fingerprint density at radius 2 is 1.84 bits per heavy atom. The number of anilines is 1. The lowest BCUT2D eigenvalue weighted by atomic mass is 10.1. The first-order valence-corrected chi connectivity index (χ1v) is 6.83. The lowest BCUT2D eigenvalue weighted by Gasteiger charge is -2.22. The van der Waals surface area contributed by atoms with E-state index < -0.39 is 0 Å². The summed E-state index contributed by atoms with van der Waals surface area (Å²) in [5, 5.41) is 0. The molecule has 2 N–H and O–H groups in total. The van der Waals surface area contributed by atoms with Gasteiger partial charge in [0.1, 0.15) is 5.82 Å². The van der Waals surface area contributed by atoms with E-state index in [0.717, 1.165) is 22.3 Å². The highest BCUT2D eigenvalue weighted by atomic mass is 79.9. The fourth-order valence-corrected chi connectivity index (χ4v) is 2.30. The SMILES string of the molecule is CN(Cc1ccc(Br)cc1)c1ccc(F)cc1CN. The van der Waals surface area contributed by atoms with Crippen molar-refractivity contribution in [1.82, 2.24) is 0 Å². The van der Waals surface area contributed by atoms with E-state index in [9.17, 15) is 4.39 Å². The molecule has 2 aromatic rings. The molecule has 0 aliphatic rings. The van der Waals surface area contributed by atoms with Gasteiger partial charge in [0.25, 0.3) is 0 Å². The molecule has 0 amide bonds. The van der Waals surface area contributed by atoms with Crippen LogP contribution in [0.4, 0.5) is 10.1 Å². The number of hydrogen-bond acceptors (Lipinski definition) is 2. The van der Waals surface area contributed by atoms with Crippen LogP contribution >= 0.6 is 15.9 Å². The van der Waals surface area contributed by atoms with Crippen molar-refractivity contribution in [1.29, 1.82) is 0 Å². The van der Waals surface area contributed by atoms with Crippen molar-refractivity contribution < 1.29 is 4.39 Å². The Morgan fingerprint density at radius 1 is 1.16 bits per heavy atom. The van der Waals surface area contributed by atoms with Crippen LogP contribution in [0, 0.1) is 5.82 Å². The van der Waals surface area contributed by atoms with Crippen molar-refractivity contribution in [2.75, 3.05) is 11.9 Å². The van der Waals surface area contributed by atoms with Gasteiger partial charge < -0.3 is 10.6 Å². The van der Waals surface area contributed by atoms with E-state index in [-0.39, 0.29) is 5.82 Å².